The van der Waals surface area contributed by atoms with Gasteiger partial charge in [0.05, 0.1) is 11.3 Å². The fourth-order valence-corrected chi connectivity index (χ4v) is 3.71. The number of nitrogens with zero attached hydrogens (tertiary/aromatic N) is 5. The number of nitrogens with one attached hydrogen (secondary N) is 1. The van der Waals surface area contributed by atoms with Gasteiger partial charge in [-0.2, -0.15) is 4.68 Å². The number of carbonyl (C=O) groups is 2. The van der Waals surface area contributed by atoms with Crippen LogP contribution in [0.15, 0.2) is 48.8 Å². The molecule has 0 saturated carbocycles. The van der Waals surface area contributed by atoms with E-state index in [0.717, 1.165) is 31.6 Å². The zero-order valence-corrected chi connectivity index (χ0v) is 16.8. The van der Waals surface area contributed by atoms with Gasteiger partial charge in [-0.25, -0.2) is 0 Å². The second-order valence-electron chi connectivity index (χ2n) is 7.08. The zero-order chi connectivity index (χ0) is 21.1. The number of halogens is 1. The number of tetrazole rings is 1. The van der Waals surface area contributed by atoms with Crippen LogP contribution in [0.25, 0.3) is 5.69 Å². The minimum absolute atomic E-state index is 0.0492. The largest absolute Gasteiger partial charge is 0.371 e. The predicted molar refractivity (Wildman–Crippen MR) is 113 cm³/mol. The minimum atomic E-state index is -0.321. The molecular weight excluding hydrogens is 406 g/mol. The van der Waals surface area contributed by atoms with Gasteiger partial charge in [-0.1, -0.05) is 11.6 Å². The SMILES string of the molecule is NC(=O)C1CCN(c2ccc(NC(=O)c3cc(Cl)ccc3-n3cnnn3)cc2)CC1. The molecule has 2 aromatic carbocycles. The summed E-state index contributed by atoms with van der Waals surface area (Å²) in [5.74, 6) is -0.598. The third-order valence-electron chi connectivity index (χ3n) is 5.19. The van der Waals surface area contributed by atoms with Crippen LogP contribution in [-0.4, -0.2) is 45.1 Å². The highest BCUT2D eigenvalue weighted by atomic mass is 35.5. The van der Waals surface area contributed by atoms with Gasteiger partial charge in [0, 0.05) is 35.4 Å². The first-order valence-corrected chi connectivity index (χ1v) is 9.87. The number of primary amides is 1. The Morgan fingerprint density at radius 2 is 1.83 bits per heavy atom. The van der Waals surface area contributed by atoms with Gasteiger partial charge in [0.2, 0.25) is 5.91 Å². The van der Waals surface area contributed by atoms with Crippen molar-refractivity contribution in [3.63, 3.8) is 0 Å². The van der Waals surface area contributed by atoms with Gasteiger partial charge in [0.25, 0.3) is 5.91 Å². The maximum Gasteiger partial charge on any atom is 0.257 e. The molecule has 3 N–H and O–H groups in total. The molecule has 0 bridgehead atoms. The molecule has 9 nitrogen and oxygen atoms in total. The van der Waals surface area contributed by atoms with E-state index in [0.29, 0.717) is 22.0 Å². The highest BCUT2D eigenvalue weighted by Gasteiger charge is 2.23. The van der Waals surface area contributed by atoms with Gasteiger partial charge in [-0.3, -0.25) is 9.59 Å². The van der Waals surface area contributed by atoms with Gasteiger partial charge in [0.1, 0.15) is 6.33 Å². The number of benzene rings is 2. The molecule has 1 fully saturated rings. The van der Waals surface area contributed by atoms with Crippen LogP contribution in [0.4, 0.5) is 11.4 Å². The van der Waals surface area contributed by atoms with Crippen LogP contribution in [0.5, 0.6) is 0 Å². The summed E-state index contributed by atoms with van der Waals surface area (Å²) in [6.45, 7) is 1.55. The van der Waals surface area contributed by atoms with E-state index in [1.165, 1.54) is 11.0 Å². The average molecular weight is 426 g/mol. The summed E-state index contributed by atoms with van der Waals surface area (Å²) in [6.07, 6.45) is 2.92. The first-order valence-electron chi connectivity index (χ1n) is 9.50. The molecule has 30 heavy (non-hydrogen) atoms. The molecule has 154 valence electrons. The molecule has 0 spiro atoms. The lowest BCUT2D eigenvalue weighted by molar-refractivity contribution is -0.122. The Morgan fingerprint density at radius 3 is 2.47 bits per heavy atom. The number of carbonyl (C=O) groups excluding carboxylic acids is 2. The van der Waals surface area contributed by atoms with E-state index in [4.69, 9.17) is 17.3 Å². The van der Waals surface area contributed by atoms with E-state index in [1.807, 2.05) is 24.3 Å². The van der Waals surface area contributed by atoms with E-state index in [1.54, 1.807) is 18.2 Å². The summed E-state index contributed by atoms with van der Waals surface area (Å²) < 4.78 is 1.41. The van der Waals surface area contributed by atoms with Crippen LogP contribution >= 0.6 is 11.6 Å². The quantitative estimate of drug-likeness (QED) is 0.647. The van der Waals surface area contributed by atoms with Gasteiger partial charge in [-0.15, -0.1) is 5.10 Å². The Morgan fingerprint density at radius 1 is 1.10 bits per heavy atom. The molecule has 0 radical (unpaired) electrons. The van der Waals surface area contributed by atoms with E-state index in [-0.39, 0.29) is 17.7 Å². The number of rotatable bonds is 5. The zero-order valence-electron chi connectivity index (χ0n) is 16.0. The second kappa shape index (κ2) is 8.50. The number of hydrogen-bond acceptors (Lipinski definition) is 6. The summed E-state index contributed by atoms with van der Waals surface area (Å²) >= 11 is 6.09. The van der Waals surface area contributed by atoms with Crippen molar-refractivity contribution in [3.05, 3.63) is 59.4 Å². The summed E-state index contributed by atoms with van der Waals surface area (Å²) in [7, 11) is 0. The topological polar surface area (TPSA) is 119 Å². The van der Waals surface area contributed by atoms with Crippen molar-refractivity contribution in [3.8, 4) is 5.69 Å². The number of amides is 2. The van der Waals surface area contributed by atoms with Crippen molar-refractivity contribution in [1.82, 2.24) is 20.2 Å². The van der Waals surface area contributed by atoms with Crippen LogP contribution in [-0.2, 0) is 4.79 Å². The minimum Gasteiger partial charge on any atom is -0.371 e. The predicted octanol–water partition coefficient (Wildman–Crippen LogP) is 2.27. The first kappa shape index (κ1) is 19.8. The maximum atomic E-state index is 12.9. The van der Waals surface area contributed by atoms with Crippen LogP contribution in [0, 0.1) is 5.92 Å². The van der Waals surface area contributed by atoms with Gasteiger partial charge in [-0.05, 0) is 65.7 Å². The molecule has 0 aliphatic carbocycles. The molecule has 1 aliphatic heterocycles. The fraction of sp³-hybridized carbons (Fsp3) is 0.250. The van der Waals surface area contributed by atoms with Crippen molar-refractivity contribution < 1.29 is 9.59 Å². The van der Waals surface area contributed by atoms with Crippen LogP contribution in [0.2, 0.25) is 5.02 Å². The number of piperidine rings is 1. The number of nitrogens with two attached hydrogens (primary N) is 1. The summed E-state index contributed by atoms with van der Waals surface area (Å²) in [4.78, 5) is 26.4. The van der Waals surface area contributed by atoms with Crippen molar-refractivity contribution >= 4 is 34.8 Å². The standard InChI is InChI=1S/C20H20ClN7O2/c21-14-1-6-18(28-12-23-25-26-28)17(11-14)20(30)24-15-2-4-16(5-3-15)27-9-7-13(8-10-27)19(22)29/h1-6,11-13H,7-10H2,(H2,22,29)(H,24,30). The smallest absolute Gasteiger partial charge is 0.257 e. The van der Waals surface area contributed by atoms with Crippen molar-refractivity contribution in [2.75, 3.05) is 23.3 Å². The molecular formula is C20H20ClN7O2. The Labute approximate surface area is 177 Å². The Hall–Kier alpha value is -3.46. The van der Waals surface area contributed by atoms with Gasteiger partial charge >= 0.3 is 0 Å². The van der Waals surface area contributed by atoms with Crippen molar-refractivity contribution in [1.29, 1.82) is 0 Å². The van der Waals surface area contributed by atoms with E-state index in [9.17, 15) is 9.59 Å². The second-order valence-corrected chi connectivity index (χ2v) is 7.52. The molecule has 2 amide bonds. The first-order chi connectivity index (χ1) is 14.5. The van der Waals surface area contributed by atoms with Gasteiger partial charge in [0.15, 0.2) is 0 Å². The fourth-order valence-electron chi connectivity index (χ4n) is 3.54. The molecule has 2 heterocycles. The molecule has 4 rings (SSSR count). The van der Waals surface area contributed by atoms with Crippen molar-refractivity contribution in [2.45, 2.75) is 12.8 Å². The van der Waals surface area contributed by atoms with Crippen LogP contribution in [0.3, 0.4) is 0 Å². The molecule has 1 saturated heterocycles. The third kappa shape index (κ3) is 4.25. The summed E-state index contributed by atoms with van der Waals surface area (Å²) in [5, 5.41) is 14.4. The van der Waals surface area contributed by atoms with Crippen LogP contribution in [0.1, 0.15) is 23.2 Å². The average Bonchev–Trinajstić information content (AvgIpc) is 3.29. The molecule has 1 aliphatic rings. The lowest BCUT2D eigenvalue weighted by Crippen LogP contribution is -2.38. The van der Waals surface area contributed by atoms with E-state index >= 15 is 0 Å². The van der Waals surface area contributed by atoms with Gasteiger partial charge < -0.3 is 16.0 Å². The van der Waals surface area contributed by atoms with Crippen molar-refractivity contribution in [2.24, 2.45) is 11.7 Å². The lowest BCUT2D eigenvalue weighted by atomic mass is 9.96. The highest BCUT2D eigenvalue weighted by Crippen LogP contribution is 2.25. The van der Waals surface area contributed by atoms with E-state index in [2.05, 4.69) is 25.7 Å². The Balaban J connectivity index is 1.46. The third-order valence-corrected chi connectivity index (χ3v) is 5.42. The highest BCUT2D eigenvalue weighted by molar-refractivity contribution is 6.31. The molecule has 1 aromatic heterocycles. The normalized spacial score (nSPS) is 14.5. The lowest BCUT2D eigenvalue weighted by Gasteiger charge is -2.32. The summed E-state index contributed by atoms with van der Waals surface area (Å²) in [6, 6.07) is 12.5. The Bertz CT molecular complexity index is 1050. The van der Waals surface area contributed by atoms with E-state index < -0.39 is 0 Å². The Kier molecular flexibility index (Phi) is 5.62. The maximum absolute atomic E-state index is 12.9. The number of aromatic nitrogens is 4. The molecule has 3 aromatic rings. The molecule has 0 atom stereocenters. The molecule has 10 heteroatoms. The monoisotopic (exact) mass is 425 g/mol. The molecule has 0 unspecified atom stereocenters. The number of anilines is 2. The van der Waals surface area contributed by atoms with Crippen LogP contribution < -0.4 is 16.0 Å². The summed E-state index contributed by atoms with van der Waals surface area (Å²) in [5.41, 5.74) is 7.96. The number of hydrogen-bond donors (Lipinski definition) is 2.